The summed E-state index contributed by atoms with van der Waals surface area (Å²) in [7, 11) is -3.70. The Bertz CT molecular complexity index is 701. The van der Waals surface area contributed by atoms with Crippen LogP contribution in [-0.2, 0) is 16.6 Å². The molecule has 1 aliphatic carbocycles. The topological polar surface area (TPSA) is 84.2 Å². The molecule has 20 heavy (non-hydrogen) atoms. The average Bonchev–Trinajstić information content (AvgIpc) is 2.93. The van der Waals surface area contributed by atoms with Crippen LogP contribution in [0.15, 0.2) is 27.8 Å². The Hall–Kier alpha value is -1.38. The van der Waals surface area contributed by atoms with E-state index in [2.05, 4.69) is 15.0 Å². The minimum atomic E-state index is -3.70. The number of sulfonamides is 1. The van der Waals surface area contributed by atoms with E-state index in [1.165, 1.54) is 30.2 Å². The molecule has 8 heteroatoms. The van der Waals surface area contributed by atoms with Crippen molar-refractivity contribution in [3.63, 3.8) is 0 Å². The highest BCUT2D eigenvalue weighted by molar-refractivity contribution is 7.92. The van der Waals surface area contributed by atoms with Gasteiger partial charge in [0.25, 0.3) is 10.0 Å². The van der Waals surface area contributed by atoms with Crippen LogP contribution >= 0.6 is 11.3 Å². The van der Waals surface area contributed by atoms with Crippen molar-refractivity contribution in [1.82, 2.24) is 10.3 Å². The summed E-state index contributed by atoms with van der Waals surface area (Å²) in [4.78, 5) is 4.92. The van der Waals surface area contributed by atoms with Crippen LogP contribution in [0.2, 0.25) is 0 Å². The number of anilines is 1. The number of nitrogens with zero attached hydrogens (tertiary/aromatic N) is 1. The van der Waals surface area contributed by atoms with Gasteiger partial charge in [0.1, 0.15) is 5.76 Å². The Morgan fingerprint density at radius 3 is 2.90 bits per heavy atom. The van der Waals surface area contributed by atoms with E-state index in [9.17, 15) is 8.42 Å². The molecule has 6 nitrogen and oxygen atoms in total. The van der Waals surface area contributed by atoms with Gasteiger partial charge in [-0.2, -0.15) is 8.42 Å². The Labute approximate surface area is 121 Å². The molecule has 0 radical (unpaired) electrons. The van der Waals surface area contributed by atoms with Gasteiger partial charge >= 0.3 is 0 Å². The maximum atomic E-state index is 12.1. The number of aromatic nitrogens is 1. The Balaban J connectivity index is 1.69. The highest BCUT2D eigenvalue weighted by Gasteiger charge is 2.23. The molecule has 1 aliphatic rings. The molecule has 2 N–H and O–H groups in total. The first-order valence-corrected chi connectivity index (χ1v) is 8.60. The highest BCUT2D eigenvalue weighted by Crippen LogP contribution is 2.23. The van der Waals surface area contributed by atoms with Gasteiger partial charge in [-0.3, -0.25) is 4.72 Å². The number of furan rings is 1. The lowest BCUT2D eigenvalue weighted by molar-refractivity contribution is 0.403. The maximum Gasteiger partial charge on any atom is 0.297 e. The Morgan fingerprint density at radius 2 is 2.25 bits per heavy atom. The first kappa shape index (κ1) is 13.6. The molecule has 0 aromatic carbocycles. The lowest BCUT2D eigenvalue weighted by Gasteiger charge is -2.02. The summed E-state index contributed by atoms with van der Waals surface area (Å²) < 4.78 is 32.0. The number of hydrogen-bond acceptors (Lipinski definition) is 6. The van der Waals surface area contributed by atoms with Crippen molar-refractivity contribution in [2.75, 3.05) is 4.72 Å². The molecule has 1 saturated carbocycles. The fourth-order valence-electron chi connectivity index (χ4n) is 1.70. The van der Waals surface area contributed by atoms with Crippen molar-refractivity contribution in [1.29, 1.82) is 0 Å². The fourth-order valence-corrected chi connectivity index (χ4v) is 3.56. The maximum absolute atomic E-state index is 12.1. The van der Waals surface area contributed by atoms with E-state index in [0.29, 0.717) is 23.5 Å². The Morgan fingerprint density at radius 1 is 1.45 bits per heavy atom. The number of rotatable bonds is 6. The summed E-state index contributed by atoms with van der Waals surface area (Å²) in [6.45, 7) is 2.42. The second kappa shape index (κ2) is 5.19. The van der Waals surface area contributed by atoms with Crippen molar-refractivity contribution in [2.45, 2.75) is 37.4 Å². The number of hydrogen-bond donors (Lipinski definition) is 2. The van der Waals surface area contributed by atoms with Crippen molar-refractivity contribution in [3.05, 3.63) is 29.0 Å². The molecule has 0 spiro atoms. The van der Waals surface area contributed by atoms with E-state index in [1.54, 1.807) is 12.3 Å². The van der Waals surface area contributed by atoms with Gasteiger partial charge < -0.3 is 9.73 Å². The third-order valence-corrected chi connectivity index (χ3v) is 5.06. The van der Waals surface area contributed by atoms with Crippen LogP contribution < -0.4 is 10.0 Å². The summed E-state index contributed by atoms with van der Waals surface area (Å²) in [5.74, 6) is 0.618. The lowest BCUT2D eigenvalue weighted by Crippen LogP contribution is -2.15. The van der Waals surface area contributed by atoms with Crippen molar-refractivity contribution in [2.24, 2.45) is 0 Å². The molecule has 0 bridgehead atoms. The van der Waals surface area contributed by atoms with Crippen LogP contribution in [0.25, 0.3) is 0 Å². The molecule has 0 unspecified atom stereocenters. The van der Waals surface area contributed by atoms with Crippen LogP contribution in [0.3, 0.4) is 0 Å². The highest BCUT2D eigenvalue weighted by atomic mass is 32.2. The van der Waals surface area contributed by atoms with Gasteiger partial charge in [0.15, 0.2) is 5.13 Å². The van der Waals surface area contributed by atoms with Crippen LogP contribution in [-0.4, -0.2) is 19.4 Å². The summed E-state index contributed by atoms with van der Waals surface area (Å²) in [5, 5.41) is 3.53. The fraction of sp³-hybridized carbons (Fsp3) is 0.417. The second-order valence-electron chi connectivity index (χ2n) is 4.76. The van der Waals surface area contributed by atoms with Gasteiger partial charge in [-0.1, -0.05) is 0 Å². The molecule has 0 saturated heterocycles. The quantitative estimate of drug-likeness (QED) is 0.853. The monoisotopic (exact) mass is 313 g/mol. The standard InChI is InChI=1S/C12H15N3O3S2/c1-8-6-14-12(19-8)15-20(16,17)11-5-4-10(18-11)7-13-9-2-3-9/h4-6,9,13H,2-3,7H2,1H3,(H,14,15). The minimum Gasteiger partial charge on any atom is -0.446 e. The van der Waals surface area contributed by atoms with E-state index in [0.717, 1.165) is 4.88 Å². The average molecular weight is 313 g/mol. The van der Waals surface area contributed by atoms with Crippen molar-refractivity contribution < 1.29 is 12.8 Å². The van der Waals surface area contributed by atoms with Gasteiger partial charge in [0.05, 0.1) is 6.54 Å². The molecular weight excluding hydrogens is 298 g/mol. The molecule has 2 heterocycles. The smallest absolute Gasteiger partial charge is 0.297 e. The summed E-state index contributed by atoms with van der Waals surface area (Å²) in [6, 6.07) is 3.69. The predicted molar refractivity (Wildman–Crippen MR) is 76.2 cm³/mol. The molecular formula is C12H15N3O3S2. The molecule has 0 aliphatic heterocycles. The third-order valence-electron chi connectivity index (χ3n) is 2.89. The predicted octanol–water partition coefficient (Wildman–Crippen LogP) is 2.10. The molecule has 0 amide bonds. The van der Waals surface area contributed by atoms with Crippen LogP contribution in [0, 0.1) is 6.92 Å². The van der Waals surface area contributed by atoms with Crippen molar-refractivity contribution >= 4 is 26.5 Å². The summed E-state index contributed by atoms with van der Waals surface area (Å²) in [6.07, 6.45) is 3.98. The minimum absolute atomic E-state index is 0.0852. The van der Waals surface area contributed by atoms with Crippen LogP contribution in [0.5, 0.6) is 0 Å². The van der Waals surface area contributed by atoms with E-state index in [4.69, 9.17) is 4.42 Å². The zero-order valence-electron chi connectivity index (χ0n) is 10.9. The van der Waals surface area contributed by atoms with Crippen LogP contribution in [0.4, 0.5) is 5.13 Å². The molecule has 2 aromatic rings. The van der Waals surface area contributed by atoms with E-state index in [-0.39, 0.29) is 5.09 Å². The molecule has 2 aromatic heterocycles. The van der Waals surface area contributed by atoms with Crippen LogP contribution in [0.1, 0.15) is 23.5 Å². The second-order valence-corrected chi connectivity index (χ2v) is 7.61. The van der Waals surface area contributed by atoms with E-state index < -0.39 is 10.0 Å². The van der Waals surface area contributed by atoms with E-state index >= 15 is 0 Å². The SMILES string of the molecule is Cc1cnc(NS(=O)(=O)c2ccc(CNC3CC3)o2)s1. The van der Waals surface area contributed by atoms with Gasteiger partial charge in [-0.05, 0) is 31.9 Å². The molecule has 1 fully saturated rings. The number of thiazole rings is 1. The van der Waals surface area contributed by atoms with Gasteiger partial charge in [-0.25, -0.2) is 4.98 Å². The number of aryl methyl sites for hydroxylation is 1. The summed E-state index contributed by atoms with van der Waals surface area (Å²) in [5.41, 5.74) is 0. The summed E-state index contributed by atoms with van der Waals surface area (Å²) >= 11 is 1.28. The zero-order chi connectivity index (χ0) is 14.2. The van der Waals surface area contributed by atoms with Gasteiger partial charge in [0, 0.05) is 17.1 Å². The largest absolute Gasteiger partial charge is 0.446 e. The van der Waals surface area contributed by atoms with Gasteiger partial charge in [0.2, 0.25) is 5.09 Å². The third kappa shape index (κ3) is 3.20. The van der Waals surface area contributed by atoms with Gasteiger partial charge in [-0.15, -0.1) is 11.3 Å². The number of nitrogens with one attached hydrogen (secondary N) is 2. The van der Waals surface area contributed by atoms with E-state index in [1.807, 2.05) is 6.92 Å². The van der Waals surface area contributed by atoms with Crippen molar-refractivity contribution in [3.8, 4) is 0 Å². The molecule has 0 atom stereocenters. The molecule has 3 rings (SSSR count). The first-order valence-electron chi connectivity index (χ1n) is 6.30. The Kier molecular flexibility index (Phi) is 3.53. The molecule has 108 valence electrons. The lowest BCUT2D eigenvalue weighted by atomic mass is 10.4. The first-order chi connectivity index (χ1) is 9.53. The zero-order valence-corrected chi connectivity index (χ0v) is 12.6. The normalized spacial score (nSPS) is 15.4.